The van der Waals surface area contributed by atoms with Crippen molar-refractivity contribution in [2.24, 2.45) is 0 Å². The Morgan fingerprint density at radius 3 is 2.78 bits per heavy atom. The summed E-state index contributed by atoms with van der Waals surface area (Å²) in [6, 6.07) is 9.69. The maximum atomic E-state index is 13.0. The number of thiophene rings is 1. The van der Waals surface area contributed by atoms with Gasteiger partial charge in [0.1, 0.15) is 5.82 Å². The highest BCUT2D eigenvalue weighted by molar-refractivity contribution is 7.09. The number of rotatable bonds is 5. The summed E-state index contributed by atoms with van der Waals surface area (Å²) in [6.45, 7) is 0.434. The third-order valence-electron chi connectivity index (χ3n) is 3.21. The zero-order chi connectivity index (χ0) is 16.2. The number of carbonyl (C=O) groups excluding carboxylic acids is 1. The van der Waals surface area contributed by atoms with Crippen LogP contribution in [0.25, 0.3) is 5.69 Å². The lowest BCUT2D eigenvalue weighted by Crippen LogP contribution is -2.23. The Labute approximate surface area is 136 Å². The molecule has 1 N–H and O–H groups in total. The number of hydrogen-bond donors (Lipinski definition) is 1. The molecule has 0 spiro atoms. The van der Waals surface area contributed by atoms with E-state index in [0.717, 1.165) is 4.88 Å². The van der Waals surface area contributed by atoms with Gasteiger partial charge in [-0.05, 0) is 35.7 Å². The quantitative estimate of drug-likeness (QED) is 0.782. The minimum Gasteiger partial charge on any atom is -0.493 e. The molecule has 0 fully saturated rings. The zero-order valence-electron chi connectivity index (χ0n) is 12.3. The Kier molecular flexibility index (Phi) is 4.38. The second-order valence-electron chi connectivity index (χ2n) is 4.73. The smallest absolute Gasteiger partial charge is 0.275 e. The Hall–Kier alpha value is -2.67. The van der Waals surface area contributed by atoms with Crippen LogP contribution in [0.4, 0.5) is 4.39 Å². The monoisotopic (exact) mass is 331 g/mol. The Balaban J connectivity index is 1.81. The first-order valence-corrected chi connectivity index (χ1v) is 7.75. The maximum Gasteiger partial charge on any atom is 0.275 e. The molecule has 3 rings (SSSR count). The second kappa shape index (κ2) is 6.62. The van der Waals surface area contributed by atoms with Crippen LogP contribution < -0.4 is 10.1 Å². The number of amides is 1. The Morgan fingerprint density at radius 1 is 1.35 bits per heavy atom. The standard InChI is InChI=1S/C16H14FN3O2S/c1-22-14-10-20(12-6-4-11(17)5-7-12)19-15(14)16(21)18-9-13-3-2-8-23-13/h2-8,10H,9H2,1H3,(H,18,21). The van der Waals surface area contributed by atoms with Gasteiger partial charge in [0.15, 0.2) is 11.4 Å². The van der Waals surface area contributed by atoms with Crippen LogP contribution >= 0.6 is 11.3 Å². The van der Waals surface area contributed by atoms with E-state index in [-0.39, 0.29) is 17.4 Å². The largest absolute Gasteiger partial charge is 0.493 e. The van der Waals surface area contributed by atoms with Gasteiger partial charge in [0.2, 0.25) is 0 Å². The Morgan fingerprint density at radius 2 is 2.13 bits per heavy atom. The number of methoxy groups -OCH3 is 1. The molecule has 5 nitrogen and oxygen atoms in total. The van der Waals surface area contributed by atoms with Gasteiger partial charge in [0, 0.05) is 4.88 Å². The van der Waals surface area contributed by atoms with Crippen LogP contribution in [0.5, 0.6) is 5.75 Å². The molecule has 23 heavy (non-hydrogen) atoms. The van der Waals surface area contributed by atoms with E-state index in [1.54, 1.807) is 29.7 Å². The lowest BCUT2D eigenvalue weighted by molar-refractivity contribution is 0.0943. The van der Waals surface area contributed by atoms with Gasteiger partial charge in [-0.25, -0.2) is 9.07 Å². The van der Waals surface area contributed by atoms with Gasteiger partial charge in [-0.3, -0.25) is 4.79 Å². The number of nitrogens with one attached hydrogen (secondary N) is 1. The molecule has 0 bridgehead atoms. The number of hydrogen-bond acceptors (Lipinski definition) is 4. The van der Waals surface area contributed by atoms with E-state index in [0.29, 0.717) is 18.0 Å². The number of nitrogens with zero attached hydrogens (tertiary/aromatic N) is 2. The number of ether oxygens (including phenoxy) is 1. The van der Waals surface area contributed by atoms with E-state index in [2.05, 4.69) is 10.4 Å². The third-order valence-corrected chi connectivity index (χ3v) is 4.09. The molecule has 0 saturated carbocycles. The molecule has 2 heterocycles. The van der Waals surface area contributed by atoms with Gasteiger partial charge >= 0.3 is 0 Å². The predicted octanol–water partition coefficient (Wildman–Crippen LogP) is 3.01. The van der Waals surface area contributed by atoms with Crippen LogP contribution in [0, 0.1) is 5.82 Å². The van der Waals surface area contributed by atoms with Gasteiger partial charge < -0.3 is 10.1 Å². The van der Waals surface area contributed by atoms with Crippen molar-refractivity contribution < 1.29 is 13.9 Å². The van der Waals surface area contributed by atoms with Crippen molar-refractivity contribution in [2.75, 3.05) is 7.11 Å². The third kappa shape index (κ3) is 3.40. The van der Waals surface area contributed by atoms with Crippen molar-refractivity contribution in [3.63, 3.8) is 0 Å². The molecular formula is C16H14FN3O2S. The molecular weight excluding hydrogens is 317 g/mol. The minimum atomic E-state index is -0.332. The Bertz CT molecular complexity index is 797. The summed E-state index contributed by atoms with van der Waals surface area (Å²) in [7, 11) is 1.47. The summed E-state index contributed by atoms with van der Waals surface area (Å²) >= 11 is 1.57. The molecule has 0 aliphatic rings. The predicted molar refractivity (Wildman–Crippen MR) is 85.6 cm³/mol. The van der Waals surface area contributed by atoms with Gasteiger partial charge in [0.25, 0.3) is 5.91 Å². The summed E-state index contributed by atoms with van der Waals surface area (Å²) < 4.78 is 19.7. The molecule has 0 radical (unpaired) electrons. The lowest BCUT2D eigenvalue weighted by Gasteiger charge is -2.02. The molecule has 0 saturated heterocycles. The van der Waals surface area contributed by atoms with Gasteiger partial charge in [0.05, 0.1) is 25.5 Å². The fourth-order valence-corrected chi connectivity index (χ4v) is 2.70. The van der Waals surface area contributed by atoms with Crippen molar-refractivity contribution in [3.05, 3.63) is 64.4 Å². The molecule has 1 amide bonds. The fourth-order valence-electron chi connectivity index (χ4n) is 2.06. The molecule has 0 unspecified atom stereocenters. The van der Waals surface area contributed by atoms with Crippen molar-refractivity contribution >= 4 is 17.2 Å². The SMILES string of the molecule is COc1cn(-c2ccc(F)cc2)nc1C(=O)NCc1cccs1. The zero-order valence-corrected chi connectivity index (χ0v) is 13.1. The van der Waals surface area contributed by atoms with Gasteiger partial charge in [-0.15, -0.1) is 11.3 Å². The minimum absolute atomic E-state index is 0.188. The first-order valence-electron chi connectivity index (χ1n) is 6.87. The summed E-state index contributed by atoms with van der Waals surface area (Å²) in [4.78, 5) is 13.3. The van der Waals surface area contributed by atoms with E-state index in [4.69, 9.17) is 4.74 Å². The summed E-state index contributed by atoms with van der Waals surface area (Å²) in [5.74, 6) is -0.295. The topological polar surface area (TPSA) is 56.2 Å². The number of carbonyl (C=O) groups is 1. The van der Waals surface area contributed by atoms with Gasteiger partial charge in [-0.2, -0.15) is 5.10 Å². The van der Waals surface area contributed by atoms with E-state index >= 15 is 0 Å². The van der Waals surface area contributed by atoms with Crippen LogP contribution in [-0.2, 0) is 6.54 Å². The molecule has 0 aliphatic carbocycles. The summed E-state index contributed by atoms with van der Waals surface area (Å²) in [5, 5.41) is 9.00. The molecule has 2 aromatic heterocycles. The second-order valence-corrected chi connectivity index (χ2v) is 5.76. The normalized spacial score (nSPS) is 10.5. The van der Waals surface area contributed by atoms with Crippen LogP contribution in [0.3, 0.4) is 0 Å². The first kappa shape index (κ1) is 15.2. The van der Waals surface area contributed by atoms with E-state index in [9.17, 15) is 9.18 Å². The average Bonchev–Trinajstić information content (AvgIpc) is 3.22. The summed E-state index contributed by atoms with van der Waals surface area (Å²) in [5.41, 5.74) is 0.829. The molecule has 7 heteroatoms. The van der Waals surface area contributed by atoms with Crippen molar-refractivity contribution in [3.8, 4) is 11.4 Å². The van der Waals surface area contributed by atoms with Crippen molar-refractivity contribution in [1.82, 2.24) is 15.1 Å². The highest BCUT2D eigenvalue weighted by Crippen LogP contribution is 2.20. The molecule has 118 valence electrons. The summed E-state index contributed by atoms with van der Waals surface area (Å²) in [6.07, 6.45) is 1.59. The van der Waals surface area contributed by atoms with Crippen LogP contribution in [0.15, 0.2) is 48.0 Å². The van der Waals surface area contributed by atoms with Crippen LogP contribution in [-0.4, -0.2) is 22.8 Å². The number of benzene rings is 1. The molecule has 0 aliphatic heterocycles. The van der Waals surface area contributed by atoms with Gasteiger partial charge in [-0.1, -0.05) is 6.07 Å². The number of aromatic nitrogens is 2. The van der Waals surface area contributed by atoms with E-state index in [1.807, 2.05) is 17.5 Å². The average molecular weight is 331 g/mol. The molecule has 0 atom stereocenters. The molecule has 1 aromatic carbocycles. The highest BCUT2D eigenvalue weighted by atomic mass is 32.1. The van der Waals surface area contributed by atoms with Crippen molar-refractivity contribution in [2.45, 2.75) is 6.54 Å². The first-order chi connectivity index (χ1) is 11.2. The van der Waals surface area contributed by atoms with Crippen molar-refractivity contribution in [1.29, 1.82) is 0 Å². The highest BCUT2D eigenvalue weighted by Gasteiger charge is 2.18. The fraction of sp³-hybridized carbons (Fsp3) is 0.125. The van der Waals surface area contributed by atoms with E-state index in [1.165, 1.54) is 23.9 Å². The maximum absolute atomic E-state index is 13.0. The molecule has 3 aromatic rings. The van der Waals surface area contributed by atoms with Crippen LogP contribution in [0.2, 0.25) is 0 Å². The number of halogens is 1. The van der Waals surface area contributed by atoms with E-state index < -0.39 is 0 Å². The lowest BCUT2D eigenvalue weighted by atomic mass is 10.3. The van der Waals surface area contributed by atoms with Crippen LogP contribution in [0.1, 0.15) is 15.4 Å².